The van der Waals surface area contributed by atoms with E-state index in [4.69, 9.17) is 16.6 Å². The number of nitrogens with zero attached hydrogens (tertiary/aromatic N) is 4. The summed E-state index contributed by atoms with van der Waals surface area (Å²) in [6.07, 6.45) is 1.87. The van der Waals surface area contributed by atoms with Crippen molar-refractivity contribution in [3.05, 3.63) is 58.8 Å². The van der Waals surface area contributed by atoms with Gasteiger partial charge < -0.3 is 4.57 Å². The summed E-state index contributed by atoms with van der Waals surface area (Å²) < 4.78 is 2.11. The van der Waals surface area contributed by atoms with Gasteiger partial charge in [-0.2, -0.15) is 0 Å². The number of hydrogen-bond acceptors (Lipinski definition) is 5. The first-order valence-electron chi connectivity index (χ1n) is 7.96. The highest BCUT2D eigenvalue weighted by atomic mass is 35.5. The second-order valence-electron chi connectivity index (χ2n) is 5.81. The molecule has 0 aliphatic rings. The number of thioether (sulfide) groups is 1. The van der Waals surface area contributed by atoms with Crippen LogP contribution in [0.5, 0.6) is 0 Å². The number of rotatable bonds is 7. The molecule has 0 N–H and O–H groups in total. The van der Waals surface area contributed by atoms with E-state index in [-0.39, 0.29) is 0 Å². The van der Waals surface area contributed by atoms with E-state index >= 15 is 0 Å². The first-order valence-corrected chi connectivity index (χ1v) is 10.2. The van der Waals surface area contributed by atoms with Crippen LogP contribution in [-0.4, -0.2) is 19.7 Å². The van der Waals surface area contributed by atoms with E-state index in [2.05, 4.69) is 40.6 Å². The molecule has 0 aliphatic heterocycles. The van der Waals surface area contributed by atoms with E-state index in [1.165, 1.54) is 0 Å². The van der Waals surface area contributed by atoms with Gasteiger partial charge in [0.25, 0.3) is 0 Å². The van der Waals surface area contributed by atoms with Crippen LogP contribution in [0.3, 0.4) is 0 Å². The monoisotopic (exact) mass is 390 g/mol. The van der Waals surface area contributed by atoms with Crippen molar-refractivity contribution in [2.75, 3.05) is 0 Å². The first kappa shape index (κ1) is 18.2. The third-order valence-corrected chi connectivity index (χ3v) is 5.83. The van der Waals surface area contributed by atoms with Gasteiger partial charge in [-0.15, -0.1) is 28.1 Å². The van der Waals surface area contributed by atoms with Gasteiger partial charge in [0.05, 0.1) is 10.7 Å². The van der Waals surface area contributed by atoms with Crippen molar-refractivity contribution in [3.8, 4) is 10.6 Å². The normalized spacial score (nSPS) is 11.2. The fraction of sp³-hybridized carbons (Fsp3) is 0.278. The average molecular weight is 391 g/mol. The summed E-state index contributed by atoms with van der Waals surface area (Å²) in [6.45, 7) is 8.78. The molecule has 25 heavy (non-hydrogen) atoms. The van der Waals surface area contributed by atoms with Crippen molar-refractivity contribution < 1.29 is 0 Å². The van der Waals surface area contributed by atoms with Gasteiger partial charge in [0, 0.05) is 29.2 Å². The minimum absolute atomic E-state index is 0.327. The molecule has 0 spiro atoms. The SMILES string of the molecule is C=CCn1c(SCc2csc(-c3ccccc3Cl)n2)nnc1C(C)C. The van der Waals surface area contributed by atoms with Crippen molar-refractivity contribution in [2.45, 2.75) is 37.2 Å². The van der Waals surface area contributed by atoms with E-state index in [0.717, 1.165) is 38.0 Å². The lowest BCUT2D eigenvalue weighted by Gasteiger charge is -2.09. The maximum atomic E-state index is 6.26. The molecule has 7 heteroatoms. The molecule has 0 atom stereocenters. The Bertz CT molecular complexity index is 870. The molecule has 0 saturated heterocycles. The number of thiazole rings is 1. The molecule has 1 aromatic carbocycles. The van der Waals surface area contributed by atoms with Gasteiger partial charge in [0.2, 0.25) is 0 Å². The van der Waals surface area contributed by atoms with Crippen molar-refractivity contribution in [1.29, 1.82) is 0 Å². The summed E-state index contributed by atoms with van der Waals surface area (Å²) in [5.74, 6) is 2.05. The lowest BCUT2D eigenvalue weighted by molar-refractivity contribution is 0.641. The van der Waals surface area contributed by atoms with Gasteiger partial charge in [-0.25, -0.2) is 4.98 Å². The smallest absolute Gasteiger partial charge is 0.191 e. The second-order valence-corrected chi connectivity index (χ2v) is 8.02. The Kier molecular flexibility index (Phi) is 5.93. The Hall–Kier alpha value is -1.63. The largest absolute Gasteiger partial charge is 0.302 e. The second kappa shape index (κ2) is 8.17. The summed E-state index contributed by atoms with van der Waals surface area (Å²) in [7, 11) is 0. The minimum atomic E-state index is 0.327. The van der Waals surface area contributed by atoms with E-state index < -0.39 is 0 Å². The van der Waals surface area contributed by atoms with E-state index in [9.17, 15) is 0 Å². The highest BCUT2D eigenvalue weighted by molar-refractivity contribution is 7.98. The molecule has 3 aromatic rings. The van der Waals surface area contributed by atoms with Crippen LogP contribution in [0.15, 0.2) is 47.5 Å². The molecule has 0 saturated carbocycles. The van der Waals surface area contributed by atoms with Gasteiger partial charge >= 0.3 is 0 Å². The highest BCUT2D eigenvalue weighted by Gasteiger charge is 2.15. The Morgan fingerprint density at radius 3 is 2.84 bits per heavy atom. The Morgan fingerprint density at radius 1 is 1.32 bits per heavy atom. The summed E-state index contributed by atoms with van der Waals surface area (Å²) in [5, 5.41) is 13.3. The van der Waals surface area contributed by atoms with Crippen LogP contribution >= 0.6 is 34.7 Å². The average Bonchev–Trinajstić information content (AvgIpc) is 3.21. The molecule has 130 valence electrons. The number of hydrogen-bond donors (Lipinski definition) is 0. The lowest BCUT2D eigenvalue weighted by Crippen LogP contribution is -2.05. The molecule has 0 bridgehead atoms. The molecular weight excluding hydrogens is 372 g/mol. The summed E-state index contributed by atoms with van der Waals surface area (Å²) in [4.78, 5) is 4.71. The zero-order valence-corrected chi connectivity index (χ0v) is 16.5. The fourth-order valence-electron chi connectivity index (χ4n) is 2.40. The summed E-state index contributed by atoms with van der Waals surface area (Å²) in [6, 6.07) is 7.78. The topological polar surface area (TPSA) is 43.6 Å². The lowest BCUT2D eigenvalue weighted by atomic mass is 10.2. The van der Waals surface area contributed by atoms with Gasteiger partial charge in [-0.05, 0) is 6.07 Å². The van der Waals surface area contributed by atoms with Crippen molar-refractivity contribution >= 4 is 34.7 Å². The van der Waals surface area contributed by atoms with Crippen LogP contribution in [0, 0.1) is 0 Å². The van der Waals surface area contributed by atoms with Gasteiger partial charge in [0.1, 0.15) is 10.8 Å². The molecular formula is C18H19ClN4S2. The Labute approximate surface area is 161 Å². The van der Waals surface area contributed by atoms with Gasteiger partial charge in [-0.3, -0.25) is 0 Å². The van der Waals surface area contributed by atoms with Crippen LogP contribution in [0.1, 0.15) is 31.3 Å². The van der Waals surface area contributed by atoms with Crippen LogP contribution in [-0.2, 0) is 12.3 Å². The van der Waals surface area contributed by atoms with Crippen molar-refractivity contribution in [3.63, 3.8) is 0 Å². The first-order chi connectivity index (χ1) is 12.1. The number of benzene rings is 1. The third kappa shape index (κ3) is 4.14. The molecule has 0 unspecified atom stereocenters. The fourth-order valence-corrected chi connectivity index (χ4v) is 4.50. The maximum absolute atomic E-state index is 6.26. The standard InChI is InChI=1S/C18H19ClN4S2/c1-4-9-23-16(12(2)3)21-22-18(23)25-11-13-10-24-17(20-13)14-7-5-6-8-15(14)19/h4-8,10,12H,1,9,11H2,2-3H3. The number of aromatic nitrogens is 4. The third-order valence-electron chi connectivity index (χ3n) is 3.58. The highest BCUT2D eigenvalue weighted by Crippen LogP contribution is 2.32. The minimum Gasteiger partial charge on any atom is -0.302 e. The molecule has 3 rings (SSSR count). The molecule has 4 nitrogen and oxygen atoms in total. The van der Waals surface area contributed by atoms with Crippen molar-refractivity contribution in [1.82, 2.24) is 19.7 Å². The van der Waals surface area contributed by atoms with Crippen LogP contribution in [0.25, 0.3) is 10.6 Å². The molecule has 0 amide bonds. The summed E-state index contributed by atoms with van der Waals surface area (Å²) in [5.41, 5.74) is 1.99. The molecule has 0 radical (unpaired) electrons. The molecule has 2 aromatic heterocycles. The number of allylic oxidation sites excluding steroid dienone is 1. The van der Waals surface area contributed by atoms with Gasteiger partial charge in [0.15, 0.2) is 5.16 Å². The Balaban J connectivity index is 1.75. The quantitative estimate of drug-likeness (QED) is 0.385. The zero-order valence-electron chi connectivity index (χ0n) is 14.1. The zero-order chi connectivity index (χ0) is 17.8. The predicted octanol–water partition coefficient (Wildman–Crippen LogP) is 5.66. The maximum Gasteiger partial charge on any atom is 0.191 e. The molecule has 2 heterocycles. The van der Waals surface area contributed by atoms with E-state index in [1.807, 2.05) is 30.3 Å². The van der Waals surface area contributed by atoms with Crippen LogP contribution in [0.4, 0.5) is 0 Å². The van der Waals surface area contributed by atoms with Crippen LogP contribution in [0.2, 0.25) is 5.02 Å². The number of halogens is 1. The van der Waals surface area contributed by atoms with E-state index in [1.54, 1.807) is 23.1 Å². The van der Waals surface area contributed by atoms with E-state index in [0.29, 0.717) is 12.5 Å². The molecule has 0 aliphatic carbocycles. The Morgan fingerprint density at radius 2 is 2.12 bits per heavy atom. The summed E-state index contributed by atoms with van der Waals surface area (Å²) >= 11 is 9.51. The van der Waals surface area contributed by atoms with Gasteiger partial charge in [-0.1, -0.05) is 61.5 Å². The predicted molar refractivity (Wildman–Crippen MR) is 106 cm³/mol. The van der Waals surface area contributed by atoms with Crippen molar-refractivity contribution in [2.24, 2.45) is 0 Å². The van der Waals surface area contributed by atoms with Crippen LogP contribution < -0.4 is 0 Å². The molecule has 0 fully saturated rings.